The summed E-state index contributed by atoms with van der Waals surface area (Å²) < 4.78 is 15.3. The van der Waals surface area contributed by atoms with Gasteiger partial charge in [0.1, 0.15) is 12.4 Å². The maximum absolute atomic E-state index is 14.0. The van der Waals surface area contributed by atoms with Crippen LogP contribution < -0.4 is 15.1 Å². The number of carbonyl (C=O) groups is 3. The number of benzene rings is 3. The zero-order valence-electron chi connectivity index (χ0n) is 27.1. The largest absolute Gasteiger partial charge is 0.325 e. The van der Waals surface area contributed by atoms with Gasteiger partial charge < -0.3 is 5.32 Å². The quantitative estimate of drug-likeness (QED) is 0.230. The Balaban J connectivity index is 1.18. The molecule has 1 N–H and O–H groups in total. The Bertz CT molecular complexity index is 2010. The molecule has 1 aromatic heterocycles. The molecule has 2 bridgehead atoms. The summed E-state index contributed by atoms with van der Waals surface area (Å²) in [6.45, 7) is 8.38. The van der Waals surface area contributed by atoms with Gasteiger partial charge in [0.15, 0.2) is 0 Å². The maximum Gasteiger partial charge on any atom is 0.308 e. The molecule has 7 nitrogen and oxygen atoms in total. The SMILES string of the molecule is Cc1ccc(NC(=O)Cn2c3c(sc2=O)C(c2ccc(C(C)(C)C)cc2)C2C4CC(C2S3)C2C(=O)N(c3ccc(F)cc3)C(=O)C42)cc1. The minimum atomic E-state index is -0.463. The molecule has 8 rings (SSSR count). The van der Waals surface area contributed by atoms with Crippen molar-refractivity contribution in [2.45, 2.75) is 62.3 Å². The van der Waals surface area contributed by atoms with Crippen molar-refractivity contribution in [1.29, 1.82) is 0 Å². The van der Waals surface area contributed by atoms with E-state index in [0.29, 0.717) is 11.4 Å². The van der Waals surface area contributed by atoms with Gasteiger partial charge in [-0.3, -0.25) is 28.6 Å². The molecule has 246 valence electrons. The van der Waals surface area contributed by atoms with E-state index in [9.17, 15) is 23.6 Å². The van der Waals surface area contributed by atoms with E-state index in [-0.39, 0.29) is 63.5 Å². The van der Waals surface area contributed by atoms with Gasteiger partial charge in [0.25, 0.3) is 0 Å². The second-order valence-electron chi connectivity index (χ2n) is 14.7. The predicted octanol–water partition coefficient (Wildman–Crippen LogP) is 6.97. The second-order valence-corrected chi connectivity index (χ2v) is 16.8. The van der Waals surface area contributed by atoms with E-state index in [1.54, 1.807) is 16.3 Å². The molecule has 48 heavy (non-hydrogen) atoms. The fourth-order valence-corrected chi connectivity index (χ4v) is 11.8. The zero-order valence-corrected chi connectivity index (χ0v) is 28.7. The third-order valence-corrected chi connectivity index (χ3v) is 13.6. The first-order valence-corrected chi connectivity index (χ1v) is 18.1. The molecule has 7 atom stereocenters. The van der Waals surface area contributed by atoms with Crippen molar-refractivity contribution in [3.63, 3.8) is 0 Å². The molecule has 0 radical (unpaired) electrons. The molecule has 4 aliphatic rings. The fourth-order valence-electron chi connectivity index (χ4n) is 8.64. The van der Waals surface area contributed by atoms with Crippen LogP contribution in [0.15, 0.2) is 82.6 Å². The number of fused-ring (bicyclic) bond motifs is 9. The lowest BCUT2D eigenvalue weighted by Crippen LogP contribution is -2.43. The maximum atomic E-state index is 14.0. The summed E-state index contributed by atoms with van der Waals surface area (Å²) in [6, 6.07) is 21.7. The average Bonchev–Trinajstić information content (AvgIpc) is 3.77. The lowest BCUT2D eigenvalue weighted by molar-refractivity contribution is -0.123. The van der Waals surface area contributed by atoms with Gasteiger partial charge >= 0.3 is 4.87 Å². The van der Waals surface area contributed by atoms with E-state index in [1.165, 1.54) is 46.1 Å². The molecule has 2 saturated carbocycles. The van der Waals surface area contributed by atoms with Crippen molar-refractivity contribution in [1.82, 2.24) is 4.57 Å². The first-order chi connectivity index (χ1) is 22.9. The van der Waals surface area contributed by atoms with Crippen LogP contribution >= 0.6 is 23.1 Å². The highest BCUT2D eigenvalue weighted by atomic mass is 32.2. The van der Waals surface area contributed by atoms with Gasteiger partial charge in [0.2, 0.25) is 17.7 Å². The number of nitrogens with zero attached hydrogens (tertiary/aromatic N) is 2. The molecule has 3 fully saturated rings. The smallest absolute Gasteiger partial charge is 0.308 e. The molecule has 10 heteroatoms. The predicted molar refractivity (Wildman–Crippen MR) is 186 cm³/mol. The van der Waals surface area contributed by atoms with Gasteiger partial charge in [-0.25, -0.2) is 4.39 Å². The van der Waals surface area contributed by atoms with Crippen molar-refractivity contribution in [2.75, 3.05) is 10.2 Å². The Morgan fingerprint density at radius 2 is 1.54 bits per heavy atom. The van der Waals surface area contributed by atoms with Gasteiger partial charge in [0.05, 0.1) is 22.5 Å². The molecule has 2 aliphatic carbocycles. The van der Waals surface area contributed by atoms with E-state index >= 15 is 0 Å². The lowest BCUT2D eigenvalue weighted by Gasteiger charge is -2.43. The van der Waals surface area contributed by atoms with Crippen LogP contribution in [0.2, 0.25) is 0 Å². The third kappa shape index (κ3) is 4.90. The Kier molecular flexibility index (Phi) is 7.34. The van der Waals surface area contributed by atoms with E-state index in [1.807, 2.05) is 31.2 Å². The summed E-state index contributed by atoms with van der Waals surface area (Å²) in [4.78, 5) is 57.0. The highest BCUT2D eigenvalue weighted by Crippen LogP contribution is 2.69. The number of aromatic nitrogens is 1. The minimum absolute atomic E-state index is 0.0126. The molecule has 4 aromatic rings. The summed E-state index contributed by atoms with van der Waals surface area (Å²) in [5.74, 6) is -2.28. The van der Waals surface area contributed by atoms with Gasteiger partial charge in [-0.1, -0.05) is 74.1 Å². The number of thioether (sulfide) groups is 1. The number of amides is 3. The Morgan fingerprint density at radius 1 is 0.896 bits per heavy atom. The molecule has 3 aromatic carbocycles. The number of carbonyl (C=O) groups excluding carboxylic acids is 3. The van der Waals surface area contributed by atoms with Crippen LogP contribution in [0.4, 0.5) is 15.8 Å². The van der Waals surface area contributed by atoms with Crippen molar-refractivity contribution >= 4 is 52.2 Å². The van der Waals surface area contributed by atoms with Crippen LogP contribution in [-0.4, -0.2) is 27.5 Å². The van der Waals surface area contributed by atoms with Crippen molar-refractivity contribution in [3.8, 4) is 0 Å². The standard InChI is InChI=1S/C38H36FN3O4S2/c1-19-5-13-23(14-6-19)40-27(43)18-41-36-33(48-37(41)46)28(20-7-9-21(10-8-20)38(2,3)4)29-25-17-26(32(29)47-36)31-30(25)34(44)42(35(31)45)24-15-11-22(39)12-16-24/h5-16,25-26,28-32H,17-18H2,1-4H3,(H,40,43). The molecule has 7 unspecified atom stereocenters. The third-order valence-electron chi connectivity index (χ3n) is 10.8. The van der Waals surface area contributed by atoms with Crippen LogP contribution in [0.25, 0.3) is 0 Å². The number of aryl methyl sites for hydroxylation is 1. The Labute approximate surface area is 286 Å². The van der Waals surface area contributed by atoms with Gasteiger partial charge in [-0.15, -0.1) is 11.8 Å². The molecule has 1 saturated heterocycles. The number of halogens is 1. The number of thiazole rings is 1. The van der Waals surface area contributed by atoms with Crippen molar-refractivity contribution in [3.05, 3.63) is 110 Å². The molecule has 3 amide bonds. The number of imide groups is 1. The minimum Gasteiger partial charge on any atom is -0.325 e. The number of rotatable bonds is 5. The first-order valence-electron chi connectivity index (χ1n) is 16.4. The van der Waals surface area contributed by atoms with E-state index < -0.39 is 17.7 Å². The number of nitrogens with one attached hydrogen (secondary N) is 1. The monoisotopic (exact) mass is 681 g/mol. The number of anilines is 2. The highest BCUT2D eigenvalue weighted by molar-refractivity contribution is 8.00. The summed E-state index contributed by atoms with van der Waals surface area (Å²) in [6.07, 6.45) is 0.760. The Hall–Kier alpha value is -4.02. The summed E-state index contributed by atoms with van der Waals surface area (Å²) in [5, 5.41) is 3.70. The summed E-state index contributed by atoms with van der Waals surface area (Å²) in [7, 11) is 0. The van der Waals surface area contributed by atoms with Gasteiger partial charge in [-0.05, 0) is 84.0 Å². The Morgan fingerprint density at radius 3 is 2.19 bits per heavy atom. The lowest BCUT2D eigenvalue weighted by atomic mass is 9.68. The van der Waals surface area contributed by atoms with Gasteiger partial charge in [-0.2, -0.15) is 0 Å². The molecule has 2 aliphatic heterocycles. The highest BCUT2D eigenvalue weighted by Gasteiger charge is 2.69. The van der Waals surface area contributed by atoms with Crippen LogP contribution in [0, 0.1) is 42.3 Å². The number of hydrogen-bond acceptors (Lipinski definition) is 6. The van der Waals surface area contributed by atoms with Crippen LogP contribution in [0.1, 0.15) is 54.7 Å². The molecule has 3 heterocycles. The van der Waals surface area contributed by atoms with E-state index in [0.717, 1.165) is 27.5 Å². The van der Waals surface area contributed by atoms with Crippen LogP contribution in [0.5, 0.6) is 0 Å². The summed E-state index contributed by atoms with van der Waals surface area (Å²) in [5.41, 5.74) is 4.40. The van der Waals surface area contributed by atoms with Crippen LogP contribution in [0.3, 0.4) is 0 Å². The second kappa shape index (κ2) is 11.3. The topological polar surface area (TPSA) is 88.5 Å². The first kappa shape index (κ1) is 31.3. The number of hydrogen-bond donors (Lipinski definition) is 1. The van der Waals surface area contributed by atoms with Gasteiger partial charge in [0, 0.05) is 21.7 Å². The van der Waals surface area contributed by atoms with Crippen molar-refractivity contribution in [2.24, 2.45) is 29.6 Å². The van der Waals surface area contributed by atoms with Crippen LogP contribution in [-0.2, 0) is 26.3 Å². The average molecular weight is 682 g/mol. The van der Waals surface area contributed by atoms with Crippen molar-refractivity contribution < 1.29 is 18.8 Å². The molecular formula is C38H36FN3O4S2. The van der Waals surface area contributed by atoms with E-state index in [2.05, 4.69) is 50.4 Å². The van der Waals surface area contributed by atoms with E-state index in [4.69, 9.17) is 0 Å². The fraction of sp³-hybridized carbons (Fsp3) is 0.368. The normalized spacial score (nSPS) is 27.2. The zero-order chi connectivity index (χ0) is 33.6. The molecule has 0 spiro atoms. The molecular weight excluding hydrogens is 646 g/mol. The summed E-state index contributed by atoms with van der Waals surface area (Å²) >= 11 is 2.80.